The van der Waals surface area contributed by atoms with E-state index < -0.39 is 0 Å². The highest BCUT2D eigenvalue weighted by Crippen LogP contribution is 2.10. The monoisotopic (exact) mass is 298 g/mol. The Labute approximate surface area is 131 Å². The molecule has 2 aromatic rings. The van der Waals surface area contributed by atoms with E-state index in [2.05, 4.69) is 27.5 Å². The summed E-state index contributed by atoms with van der Waals surface area (Å²) in [6.45, 7) is 5.04. The minimum Gasteiger partial charge on any atom is -0.369 e. The van der Waals surface area contributed by atoms with Crippen LogP contribution < -0.4 is 10.6 Å². The van der Waals surface area contributed by atoms with E-state index in [4.69, 9.17) is 0 Å². The number of nitrogens with zero attached hydrogens (tertiary/aromatic N) is 2. The normalized spacial score (nSPS) is 10.3. The third kappa shape index (κ3) is 4.84. The van der Waals surface area contributed by atoms with Crippen molar-refractivity contribution in [2.24, 2.45) is 0 Å². The number of nitrogens with one attached hydrogen (secondary N) is 2. The van der Waals surface area contributed by atoms with Crippen LogP contribution in [-0.4, -0.2) is 22.4 Å². The molecule has 2 N–H and O–H groups in total. The fraction of sp³-hybridized carbons (Fsp3) is 0.353. The van der Waals surface area contributed by atoms with Crippen LogP contribution in [0, 0.1) is 6.92 Å². The Bertz CT molecular complexity index is 593. The molecule has 2 rings (SSSR count). The molecule has 5 heteroatoms. The molecule has 0 bridgehead atoms. The van der Waals surface area contributed by atoms with Gasteiger partial charge in [0.05, 0.1) is 12.4 Å². The standard InChI is InChI=1S/C17H22N4O/c1-3-4-5-10-18-16-12-19-15(11-20-16)17(22)21-14-8-6-13(2)7-9-14/h6-9,11-12H,3-5,10H2,1-2H3,(H,18,20)(H,21,22). The van der Waals surface area contributed by atoms with E-state index in [1.165, 1.54) is 19.0 Å². The highest BCUT2D eigenvalue weighted by molar-refractivity contribution is 6.02. The smallest absolute Gasteiger partial charge is 0.275 e. The Morgan fingerprint density at radius 2 is 1.86 bits per heavy atom. The number of aromatic nitrogens is 2. The van der Waals surface area contributed by atoms with E-state index in [9.17, 15) is 4.79 Å². The molecule has 0 aliphatic rings. The van der Waals surface area contributed by atoms with Crippen molar-refractivity contribution in [1.82, 2.24) is 9.97 Å². The summed E-state index contributed by atoms with van der Waals surface area (Å²) in [4.78, 5) is 20.4. The molecule has 0 spiro atoms. The molecule has 0 saturated carbocycles. The predicted molar refractivity (Wildman–Crippen MR) is 89.2 cm³/mol. The highest BCUT2D eigenvalue weighted by Gasteiger charge is 2.08. The van der Waals surface area contributed by atoms with Crippen LogP contribution in [0.15, 0.2) is 36.7 Å². The van der Waals surface area contributed by atoms with Crippen molar-refractivity contribution < 1.29 is 4.79 Å². The molecule has 0 radical (unpaired) electrons. The molecule has 0 fully saturated rings. The van der Waals surface area contributed by atoms with Gasteiger partial charge in [0.1, 0.15) is 11.5 Å². The summed E-state index contributed by atoms with van der Waals surface area (Å²) < 4.78 is 0. The van der Waals surface area contributed by atoms with E-state index in [-0.39, 0.29) is 5.91 Å². The zero-order valence-corrected chi connectivity index (χ0v) is 13.1. The molecule has 0 unspecified atom stereocenters. The third-order valence-electron chi connectivity index (χ3n) is 3.28. The molecular formula is C17H22N4O. The van der Waals surface area contributed by atoms with Gasteiger partial charge in [-0.05, 0) is 25.5 Å². The van der Waals surface area contributed by atoms with Gasteiger partial charge in [0, 0.05) is 12.2 Å². The van der Waals surface area contributed by atoms with Gasteiger partial charge in [-0.3, -0.25) is 4.79 Å². The summed E-state index contributed by atoms with van der Waals surface area (Å²) in [7, 11) is 0. The number of hydrogen-bond acceptors (Lipinski definition) is 4. The van der Waals surface area contributed by atoms with Crippen LogP contribution in [-0.2, 0) is 0 Å². The van der Waals surface area contributed by atoms with Crippen LogP contribution in [0.1, 0.15) is 42.2 Å². The first-order chi connectivity index (χ1) is 10.7. The van der Waals surface area contributed by atoms with Gasteiger partial charge in [0.15, 0.2) is 0 Å². The van der Waals surface area contributed by atoms with Crippen molar-refractivity contribution in [3.8, 4) is 0 Å². The molecule has 0 aliphatic heterocycles. The molecule has 22 heavy (non-hydrogen) atoms. The Balaban J connectivity index is 1.89. The van der Waals surface area contributed by atoms with Crippen LogP contribution in [0.3, 0.4) is 0 Å². The third-order valence-corrected chi connectivity index (χ3v) is 3.28. The second-order valence-electron chi connectivity index (χ2n) is 5.24. The zero-order chi connectivity index (χ0) is 15.8. The number of unbranched alkanes of at least 4 members (excludes halogenated alkanes) is 2. The summed E-state index contributed by atoms with van der Waals surface area (Å²) in [6, 6.07) is 7.63. The van der Waals surface area contributed by atoms with Crippen molar-refractivity contribution in [3.05, 3.63) is 47.9 Å². The molecular weight excluding hydrogens is 276 g/mol. The summed E-state index contributed by atoms with van der Waals surface area (Å²) in [6.07, 6.45) is 6.57. The number of rotatable bonds is 7. The Kier molecular flexibility index (Phi) is 5.89. The summed E-state index contributed by atoms with van der Waals surface area (Å²) >= 11 is 0. The summed E-state index contributed by atoms with van der Waals surface area (Å²) in [5.41, 5.74) is 2.20. The van der Waals surface area contributed by atoms with Crippen LogP contribution >= 0.6 is 0 Å². The van der Waals surface area contributed by atoms with Crippen molar-refractivity contribution in [2.45, 2.75) is 33.1 Å². The SMILES string of the molecule is CCCCCNc1cnc(C(=O)Nc2ccc(C)cc2)cn1. The van der Waals surface area contributed by atoms with E-state index in [1.807, 2.05) is 31.2 Å². The van der Waals surface area contributed by atoms with Crippen molar-refractivity contribution in [1.29, 1.82) is 0 Å². The van der Waals surface area contributed by atoms with Gasteiger partial charge in [-0.2, -0.15) is 0 Å². The van der Waals surface area contributed by atoms with Crippen LogP contribution in [0.4, 0.5) is 11.5 Å². The van der Waals surface area contributed by atoms with Crippen molar-refractivity contribution in [2.75, 3.05) is 17.2 Å². The second-order valence-corrected chi connectivity index (χ2v) is 5.24. The van der Waals surface area contributed by atoms with E-state index in [0.717, 1.165) is 24.2 Å². The van der Waals surface area contributed by atoms with Crippen LogP contribution in [0.25, 0.3) is 0 Å². The van der Waals surface area contributed by atoms with Gasteiger partial charge in [0.2, 0.25) is 0 Å². The van der Waals surface area contributed by atoms with E-state index >= 15 is 0 Å². The fourth-order valence-corrected chi connectivity index (χ4v) is 1.96. The topological polar surface area (TPSA) is 66.9 Å². The lowest BCUT2D eigenvalue weighted by atomic mass is 10.2. The lowest BCUT2D eigenvalue weighted by Crippen LogP contribution is -2.14. The number of amides is 1. The molecule has 0 atom stereocenters. The van der Waals surface area contributed by atoms with Gasteiger partial charge < -0.3 is 10.6 Å². The second kappa shape index (κ2) is 8.12. The molecule has 1 aromatic carbocycles. The fourth-order valence-electron chi connectivity index (χ4n) is 1.96. The summed E-state index contributed by atoms with van der Waals surface area (Å²) in [5, 5.41) is 6.00. The van der Waals surface area contributed by atoms with E-state index in [1.54, 1.807) is 6.20 Å². The number of hydrogen-bond donors (Lipinski definition) is 2. The average Bonchev–Trinajstić information content (AvgIpc) is 2.54. The Morgan fingerprint density at radius 3 is 2.50 bits per heavy atom. The van der Waals surface area contributed by atoms with Crippen molar-refractivity contribution in [3.63, 3.8) is 0 Å². The lowest BCUT2D eigenvalue weighted by Gasteiger charge is -2.07. The minimum atomic E-state index is -0.256. The highest BCUT2D eigenvalue weighted by atomic mass is 16.1. The molecule has 1 aromatic heterocycles. The zero-order valence-electron chi connectivity index (χ0n) is 13.1. The van der Waals surface area contributed by atoms with Gasteiger partial charge >= 0.3 is 0 Å². The number of anilines is 2. The molecule has 0 aliphatic carbocycles. The first-order valence-electron chi connectivity index (χ1n) is 7.63. The molecule has 1 amide bonds. The first-order valence-corrected chi connectivity index (χ1v) is 7.63. The van der Waals surface area contributed by atoms with Gasteiger partial charge in [-0.15, -0.1) is 0 Å². The number of carbonyl (C=O) groups excluding carboxylic acids is 1. The maximum atomic E-state index is 12.1. The average molecular weight is 298 g/mol. The number of aryl methyl sites for hydroxylation is 1. The van der Waals surface area contributed by atoms with Gasteiger partial charge in [-0.1, -0.05) is 37.5 Å². The largest absolute Gasteiger partial charge is 0.369 e. The Morgan fingerprint density at radius 1 is 1.09 bits per heavy atom. The van der Waals surface area contributed by atoms with Crippen molar-refractivity contribution >= 4 is 17.4 Å². The quantitative estimate of drug-likeness (QED) is 0.766. The maximum Gasteiger partial charge on any atom is 0.275 e. The Hall–Kier alpha value is -2.43. The first kappa shape index (κ1) is 15.9. The van der Waals surface area contributed by atoms with Gasteiger partial charge in [-0.25, -0.2) is 9.97 Å². The minimum absolute atomic E-state index is 0.256. The number of carbonyl (C=O) groups is 1. The lowest BCUT2D eigenvalue weighted by molar-refractivity contribution is 0.102. The van der Waals surface area contributed by atoms with Crippen LogP contribution in [0.2, 0.25) is 0 Å². The molecule has 5 nitrogen and oxygen atoms in total. The molecule has 1 heterocycles. The predicted octanol–water partition coefficient (Wildman–Crippen LogP) is 3.64. The molecule has 0 saturated heterocycles. The molecule has 116 valence electrons. The van der Waals surface area contributed by atoms with E-state index in [0.29, 0.717) is 11.5 Å². The van der Waals surface area contributed by atoms with Crippen LogP contribution in [0.5, 0.6) is 0 Å². The maximum absolute atomic E-state index is 12.1. The number of benzene rings is 1. The van der Waals surface area contributed by atoms with Gasteiger partial charge in [0.25, 0.3) is 5.91 Å². The summed E-state index contributed by atoms with van der Waals surface area (Å²) in [5.74, 6) is 0.442.